The number of carboxylic acid groups (broad SMARTS) is 1. The highest BCUT2D eigenvalue weighted by Gasteiger charge is 2.40. The lowest BCUT2D eigenvalue weighted by molar-refractivity contribution is -0.310. The molecule has 6 heteroatoms. The van der Waals surface area contributed by atoms with Crippen LogP contribution in [-0.4, -0.2) is 34.5 Å². The first-order valence-corrected chi connectivity index (χ1v) is 8.44. The van der Waals surface area contributed by atoms with Crippen molar-refractivity contribution in [2.75, 3.05) is 5.75 Å². The molecule has 0 N–H and O–H groups in total. The molecule has 0 saturated carbocycles. The van der Waals surface area contributed by atoms with E-state index in [4.69, 9.17) is 0 Å². The van der Waals surface area contributed by atoms with Crippen molar-refractivity contribution in [3.8, 4) is 0 Å². The Labute approximate surface area is 143 Å². The molecule has 1 aliphatic rings. The molecule has 2 aromatic rings. The molecule has 2 aromatic carbocycles. The van der Waals surface area contributed by atoms with Gasteiger partial charge < -0.3 is 9.90 Å². The van der Waals surface area contributed by atoms with Gasteiger partial charge in [-0.25, -0.2) is 0 Å². The van der Waals surface area contributed by atoms with Crippen LogP contribution in [0.1, 0.15) is 27.1 Å². The Hall–Kier alpha value is -2.60. The Morgan fingerprint density at radius 3 is 2.04 bits per heavy atom. The zero-order valence-electron chi connectivity index (χ0n) is 12.7. The van der Waals surface area contributed by atoms with Crippen molar-refractivity contribution >= 4 is 29.5 Å². The molecule has 0 fully saturated rings. The number of thioether (sulfide) groups is 1. The lowest BCUT2D eigenvalue weighted by Crippen LogP contribution is -2.50. The fourth-order valence-electron chi connectivity index (χ4n) is 2.65. The number of fused-ring (bicyclic) bond motifs is 1. The van der Waals surface area contributed by atoms with E-state index in [1.165, 1.54) is 23.9 Å². The van der Waals surface area contributed by atoms with Gasteiger partial charge in [0.05, 0.1) is 23.1 Å². The largest absolute Gasteiger partial charge is 0.548 e. The van der Waals surface area contributed by atoms with Crippen LogP contribution in [0.3, 0.4) is 0 Å². The molecule has 0 radical (unpaired) electrons. The summed E-state index contributed by atoms with van der Waals surface area (Å²) in [5, 5.41) is 11.5. The Bertz CT molecular complexity index is 756. The minimum absolute atomic E-state index is 0.132. The first kappa shape index (κ1) is 16.3. The molecule has 0 bridgehead atoms. The van der Waals surface area contributed by atoms with Crippen molar-refractivity contribution < 1.29 is 19.5 Å². The molecule has 5 nitrogen and oxygen atoms in total. The van der Waals surface area contributed by atoms with Gasteiger partial charge in [0.2, 0.25) is 0 Å². The van der Waals surface area contributed by atoms with Crippen molar-refractivity contribution in [2.24, 2.45) is 0 Å². The van der Waals surface area contributed by atoms with Crippen LogP contribution in [0.4, 0.5) is 0 Å². The van der Waals surface area contributed by atoms with Crippen molar-refractivity contribution in [1.29, 1.82) is 0 Å². The van der Waals surface area contributed by atoms with Crippen LogP contribution < -0.4 is 5.11 Å². The summed E-state index contributed by atoms with van der Waals surface area (Å²) in [6.45, 7) is 0. The second-order valence-corrected chi connectivity index (χ2v) is 6.48. The summed E-state index contributed by atoms with van der Waals surface area (Å²) in [6.07, 6.45) is 0.132. The number of hydrogen-bond donors (Lipinski definition) is 0. The Morgan fingerprint density at radius 2 is 1.50 bits per heavy atom. The number of carbonyl (C=O) groups excluding carboxylic acids is 3. The van der Waals surface area contributed by atoms with Crippen LogP contribution in [0.2, 0.25) is 0 Å². The van der Waals surface area contributed by atoms with Crippen LogP contribution in [0.25, 0.3) is 0 Å². The number of amides is 2. The maximum absolute atomic E-state index is 12.4. The van der Waals surface area contributed by atoms with Crippen molar-refractivity contribution in [3.63, 3.8) is 0 Å². The molecule has 0 aromatic heterocycles. The number of carbonyl (C=O) groups is 3. The predicted molar refractivity (Wildman–Crippen MR) is 87.5 cm³/mol. The summed E-state index contributed by atoms with van der Waals surface area (Å²) in [7, 11) is 0. The second-order valence-electron chi connectivity index (χ2n) is 5.31. The van der Waals surface area contributed by atoms with Crippen molar-refractivity contribution in [3.05, 3.63) is 65.7 Å². The fraction of sp³-hybridized carbons (Fsp3) is 0.167. The molecule has 0 unspecified atom stereocenters. The minimum atomic E-state index is -1.42. The average Bonchev–Trinajstić information content (AvgIpc) is 2.84. The highest BCUT2D eigenvalue weighted by Crippen LogP contribution is 2.27. The number of nitrogens with zero attached hydrogens (tertiary/aromatic N) is 1. The number of aliphatic carboxylic acids is 1. The van der Waals surface area contributed by atoms with E-state index < -0.39 is 23.8 Å². The zero-order valence-corrected chi connectivity index (χ0v) is 13.5. The highest BCUT2D eigenvalue weighted by molar-refractivity contribution is 7.99. The van der Waals surface area contributed by atoms with E-state index in [9.17, 15) is 19.5 Å². The molecule has 0 aliphatic carbocycles. The minimum Gasteiger partial charge on any atom is -0.548 e. The molecule has 122 valence electrons. The average molecular weight is 340 g/mol. The lowest BCUT2D eigenvalue weighted by Gasteiger charge is -2.26. The van der Waals surface area contributed by atoms with E-state index in [-0.39, 0.29) is 17.5 Å². The Balaban J connectivity index is 1.74. The molecule has 0 spiro atoms. The maximum atomic E-state index is 12.4. The zero-order chi connectivity index (χ0) is 17.1. The molecular formula is C18H14NO4S-. The summed E-state index contributed by atoms with van der Waals surface area (Å²) >= 11 is 1.47. The first-order chi connectivity index (χ1) is 11.6. The molecule has 1 atom stereocenters. The third-order valence-corrected chi connectivity index (χ3v) is 4.86. The molecule has 24 heavy (non-hydrogen) atoms. The summed E-state index contributed by atoms with van der Waals surface area (Å²) < 4.78 is 0. The number of carboxylic acids is 1. The standard InChI is InChI=1S/C18H15NO4S/c20-16-13-8-4-5-9-14(13)17(21)19(16)15(18(22)23)10-11-24-12-6-2-1-3-7-12/h1-9,15H,10-11H2,(H,22,23)/p-1/t15-/m1/s1. The summed E-state index contributed by atoms with van der Waals surface area (Å²) in [5.41, 5.74) is 0.480. The maximum Gasteiger partial charge on any atom is 0.262 e. The van der Waals surface area contributed by atoms with Crippen LogP contribution in [-0.2, 0) is 4.79 Å². The Morgan fingerprint density at radius 1 is 0.958 bits per heavy atom. The van der Waals surface area contributed by atoms with Gasteiger partial charge in [-0.3, -0.25) is 14.5 Å². The van der Waals surface area contributed by atoms with Gasteiger partial charge in [0.15, 0.2) is 0 Å². The van der Waals surface area contributed by atoms with Gasteiger partial charge in [-0.1, -0.05) is 30.3 Å². The quantitative estimate of drug-likeness (QED) is 0.589. The van der Waals surface area contributed by atoms with Gasteiger partial charge in [-0.05, 0) is 30.7 Å². The van der Waals surface area contributed by atoms with E-state index in [2.05, 4.69) is 0 Å². The second kappa shape index (κ2) is 6.88. The van der Waals surface area contributed by atoms with Gasteiger partial charge in [0.25, 0.3) is 11.8 Å². The van der Waals surface area contributed by atoms with Gasteiger partial charge in [0, 0.05) is 10.6 Å². The number of hydrogen-bond acceptors (Lipinski definition) is 5. The highest BCUT2D eigenvalue weighted by atomic mass is 32.2. The number of rotatable bonds is 6. The van der Waals surface area contributed by atoms with Crippen molar-refractivity contribution in [2.45, 2.75) is 17.4 Å². The summed E-state index contributed by atoms with van der Waals surface area (Å²) in [5.74, 6) is -2.11. The van der Waals surface area contributed by atoms with E-state index >= 15 is 0 Å². The fourth-order valence-corrected chi connectivity index (χ4v) is 3.57. The van der Waals surface area contributed by atoms with E-state index in [0.717, 1.165) is 9.80 Å². The van der Waals surface area contributed by atoms with E-state index in [1.807, 2.05) is 30.3 Å². The van der Waals surface area contributed by atoms with Crippen LogP contribution >= 0.6 is 11.8 Å². The number of imide groups is 1. The molecule has 2 amide bonds. The number of benzene rings is 2. The summed E-state index contributed by atoms with van der Waals surface area (Å²) in [6, 6.07) is 14.6. The molecule has 1 heterocycles. The summed E-state index contributed by atoms with van der Waals surface area (Å²) in [4.78, 5) is 38.1. The van der Waals surface area contributed by atoms with Crippen LogP contribution in [0.5, 0.6) is 0 Å². The van der Waals surface area contributed by atoms with Crippen molar-refractivity contribution in [1.82, 2.24) is 4.90 Å². The molecule has 1 aliphatic heterocycles. The van der Waals surface area contributed by atoms with E-state index in [0.29, 0.717) is 5.75 Å². The monoisotopic (exact) mass is 340 g/mol. The lowest BCUT2D eigenvalue weighted by atomic mass is 10.1. The normalized spacial score (nSPS) is 14.6. The van der Waals surface area contributed by atoms with Crippen LogP contribution in [0.15, 0.2) is 59.5 Å². The third kappa shape index (κ3) is 3.05. The SMILES string of the molecule is O=C([O-])[C@@H](CCSc1ccccc1)N1C(=O)c2ccccc2C1=O. The van der Waals surface area contributed by atoms with Gasteiger partial charge >= 0.3 is 0 Å². The molecule has 3 rings (SSSR count). The van der Waals surface area contributed by atoms with Crippen LogP contribution in [0, 0.1) is 0 Å². The smallest absolute Gasteiger partial charge is 0.262 e. The van der Waals surface area contributed by atoms with Gasteiger partial charge in [-0.2, -0.15) is 0 Å². The molecule has 0 saturated heterocycles. The van der Waals surface area contributed by atoms with Gasteiger partial charge in [0.1, 0.15) is 0 Å². The topological polar surface area (TPSA) is 77.5 Å². The third-order valence-electron chi connectivity index (χ3n) is 3.81. The Kier molecular flexibility index (Phi) is 4.66. The predicted octanol–water partition coefficient (Wildman–Crippen LogP) is 1.58. The first-order valence-electron chi connectivity index (χ1n) is 7.45. The van der Waals surface area contributed by atoms with Gasteiger partial charge in [-0.15, -0.1) is 11.8 Å². The van der Waals surface area contributed by atoms with E-state index in [1.54, 1.807) is 12.1 Å². The molecular weight excluding hydrogens is 326 g/mol.